The zero-order chi connectivity index (χ0) is 14.7. The molecule has 1 aromatic heterocycles. The maximum absolute atomic E-state index is 13.7. The van der Waals surface area contributed by atoms with Gasteiger partial charge in [0.25, 0.3) is 5.91 Å². The van der Waals surface area contributed by atoms with E-state index >= 15 is 0 Å². The number of carbonyl (C=O) groups is 1. The molecule has 2 N–H and O–H groups in total. The molecule has 0 spiro atoms. The summed E-state index contributed by atoms with van der Waals surface area (Å²) in [7, 11) is 1.72. The lowest BCUT2D eigenvalue weighted by atomic mass is 10.2. The molecule has 2 aromatic rings. The highest BCUT2D eigenvalue weighted by Crippen LogP contribution is 2.20. The highest BCUT2D eigenvalue weighted by molar-refractivity contribution is 9.10. The van der Waals surface area contributed by atoms with Crippen LogP contribution in [0, 0.1) is 12.7 Å². The number of aryl methyl sites for hydroxylation is 1. The number of amides is 1. The molecule has 0 atom stereocenters. The Labute approximate surface area is 124 Å². The minimum atomic E-state index is -0.493. The van der Waals surface area contributed by atoms with E-state index in [9.17, 15) is 9.18 Å². The number of hydrogen-bond acceptors (Lipinski definition) is 3. The highest BCUT2D eigenvalue weighted by Gasteiger charge is 2.11. The number of carbonyl (C=O) groups excluding carboxylic acids is 1. The molecular weight excluding hydrogens is 325 g/mol. The number of aromatic nitrogens is 1. The number of hydrogen-bond donors (Lipinski definition) is 2. The molecule has 20 heavy (non-hydrogen) atoms. The standard InChI is InChI=1S/C14H13BrFN3O/c1-8-5-9(6-13(17-2)18-8)14(20)19-12-4-3-10(15)7-11(12)16/h3-7H,1-2H3,(H,17,18)(H,19,20). The van der Waals surface area contributed by atoms with Crippen LogP contribution < -0.4 is 10.6 Å². The van der Waals surface area contributed by atoms with Crippen molar-refractivity contribution in [3.05, 3.63) is 51.9 Å². The first-order valence-corrected chi connectivity index (χ1v) is 6.72. The third-order valence-electron chi connectivity index (χ3n) is 2.65. The molecule has 1 aromatic carbocycles. The van der Waals surface area contributed by atoms with Crippen molar-refractivity contribution in [2.24, 2.45) is 0 Å². The summed E-state index contributed by atoms with van der Waals surface area (Å²) in [5.41, 5.74) is 1.26. The van der Waals surface area contributed by atoms with E-state index in [4.69, 9.17) is 0 Å². The Bertz CT molecular complexity index is 661. The smallest absolute Gasteiger partial charge is 0.255 e. The number of nitrogens with one attached hydrogen (secondary N) is 2. The Balaban J connectivity index is 2.26. The summed E-state index contributed by atoms with van der Waals surface area (Å²) in [6.07, 6.45) is 0. The normalized spacial score (nSPS) is 10.2. The lowest BCUT2D eigenvalue weighted by Crippen LogP contribution is -2.14. The van der Waals surface area contributed by atoms with Crippen molar-refractivity contribution in [1.29, 1.82) is 0 Å². The minimum Gasteiger partial charge on any atom is -0.373 e. The van der Waals surface area contributed by atoms with Gasteiger partial charge in [0.15, 0.2) is 0 Å². The topological polar surface area (TPSA) is 54.0 Å². The van der Waals surface area contributed by atoms with Crippen molar-refractivity contribution in [3.8, 4) is 0 Å². The van der Waals surface area contributed by atoms with Crippen LogP contribution in [0.25, 0.3) is 0 Å². The maximum Gasteiger partial charge on any atom is 0.255 e. The number of pyridine rings is 1. The average molecular weight is 338 g/mol. The molecule has 6 heteroatoms. The van der Waals surface area contributed by atoms with Crippen LogP contribution in [-0.2, 0) is 0 Å². The summed E-state index contributed by atoms with van der Waals surface area (Å²) in [5.74, 6) is -0.285. The minimum absolute atomic E-state index is 0.138. The number of anilines is 2. The molecule has 0 bridgehead atoms. The van der Waals surface area contributed by atoms with E-state index in [1.165, 1.54) is 12.1 Å². The van der Waals surface area contributed by atoms with Crippen LogP contribution in [0.1, 0.15) is 16.1 Å². The number of rotatable bonds is 3. The largest absolute Gasteiger partial charge is 0.373 e. The molecule has 0 radical (unpaired) electrons. The van der Waals surface area contributed by atoms with Gasteiger partial charge in [-0.25, -0.2) is 9.37 Å². The molecule has 0 unspecified atom stereocenters. The van der Waals surface area contributed by atoms with Gasteiger partial charge in [0.2, 0.25) is 0 Å². The fourth-order valence-electron chi connectivity index (χ4n) is 1.71. The van der Waals surface area contributed by atoms with Gasteiger partial charge in [0.1, 0.15) is 11.6 Å². The van der Waals surface area contributed by atoms with Crippen LogP contribution >= 0.6 is 15.9 Å². The van der Waals surface area contributed by atoms with Gasteiger partial charge < -0.3 is 10.6 Å². The second kappa shape index (κ2) is 6.00. The van der Waals surface area contributed by atoms with Crippen molar-refractivity contribution in [3.63, 3.8) is 0 Å². The van der Waals surface area contributed by atoms with Gasteiger partial charge >= 0.3 is 0 Å². The Hall–Kier alpha value is -1.95. The Kier molecular flexibility index (Phi) is 4.34. The molecule has 2 rings (SSSR count). The summed E-state index contributed by atoms with van der Waals surface area (Å²) in [6, 6.07) is 7.72. The lowest BCUT2D eigenvalue weighted by Gasteiger charge is -2.09. The predicted molar refractivity (Wildman–Crippen MR) is 80.6 cm³/mol. The molecule has 0 aliphatic heterocycles. The van der Waals surface area contributed by atoms with Crippen LogP contribution in [0.2, 0.25) is 0 Å². The van der Waals surface area contributed by atoms with Crippen LogP contribution in [0.4, 0.5) is 15.9 Å². The number of halogens is 2. The number of benzene rings is 1. The van der Waals surface area contributed by atoms with Crippen molar-refractivity contribution in [2.45, 2.75) is 6.92 Å². The molecule has 4 nitrogen and oxygen atoms in total. The van der Waals surface area contributed by atoms with E-state index in [2.05, 4.69) is 31.5 Å². The zero-order valence-corrected chi connectivity index (χ0v) is 12.6. The summed E-state index contributed by atoms with van der Waals surface area (Å²) >= 11 is 3.17. The fourth-order valence-corrected chi connectivity index (χ4v) is 2.05. The Morgan fingerprint density at radius 3 is 2.70 bits per heavy atom. The van der Waals surface area contributed by atoms with Gasteiger partial charge in [0.05, 0.1) is 5.69 Å². The van der Waals surface area contributed by atoms with Gasteiger partial charge in [0, 0.05) is 22.8 Å². The zero-order valence-electron chi connectivity index (χ0n) is 11.0. The van der Waals surface area contributed by atoms with Gasteiger partial charge in [-0.05, 0) is 37.3 Å². The molecule has 104 valence electrons. The molecule has 0 fully saturated rings. The Morgan fingerprint density at radius 2 is 2.05 bits per heavy atom. The van der Waals surface area contributed by atoms with Crippen LogP contribution in [0.15, 0.2) is 34.8 Å². The van der Waals surface area contributed by atoms with Gasteiger partial charge in [-0.3, -0.25) is 4.79 Å². The SMILES string of the molecule is CNc1cc(C(=O)Nc2ccc(Br)cc2F)cc(C)n1. The van der Waals surface area contributed by atoms with Crippen molar-refractivity contribution in [1.82, 2.24) is 4.98 Å². The molecule has 0 saturated carbocycles. The summed E-state index contributed by atoms with van der Waals surface area (Å²) in [4.78, 5) is 16.3. The van der Waals surface area contributed by atoms with Gasteiger partial charge in [-0.2, -0.15) is 0 Å². The van der Waals surface area contributed by atoms with Crippen LogP contribution in [0.5, 0.6) is 0 Å². The van der Waals surface area contributed by atoms with E-state index < -0.39 is 5.82 Å². The molecular formula is C14H13BrFN3O. The monoisotopic (exact) mass is 337 g/mol. The van der Waals surface area contributed by atoms with E-state index in [1.807, 2.05) is 0 Å². The van der Waals surface area contributed by atoms with E-state index in [0.29, 0.717) is 21.5 Å². The van der Waals surface area contributed by atoms with E-state index in [-0.39, 0.29) is 11.6 Å². The first-order chi connectivity index (χ1) is 9.49. The first-order valence-electron chi connectivity index (χ1n) is 5.92. The van der Waals surface area contributed by atoms with Crippen LogP contribution in [-0.4, -0.2) is 17.9 Å². The Morgan fingerprint density at radius 1 is 1.30 bits per heavy atom. The second-order valence-corrected chi connectivity index (χ2v) is 5.13. The molecule has 1 heterocycles. The summed E-state index contributed by atoms with van der Waals surface area (Å²) in [6.45, 7) is 1.79. The molecule has 1 amide bonds. The maximum atomic E-state index is 13.7. The lowest BCUT2D eigenvalue weighted by molar-refractivity contribution is 0.102. The molecule has 0 saturated heterocycles. The third-order valence-corrected chi connectivity index (χ3v) is 3.14. The number of nitrogens with zero attached hydrogens (tertiary/aromatic N) is 1. The van der Waals surface area contributed by atoms with Crippen LogP contribution in [0.3, 0.4) is 0 Å². The van der Waals surface area contributed by atoms with Crippen molar-refractivity contribution >= 4 is 33.3 Å². The van der Waals surface area contributed by atoms with E-state index in [1.54, 1.807) is 32.2 Å². The third kappa shape index (κ3) is 3.33. The van der Waals surface area contributed by atoms with Crippen molar-refractivity contribution in [2.75, 3.05) is 17.7 Å². The summed E-state index contributed by atoms with van der Waals surface area (Å²) in [5, 5.41) is 5.42. The molecule has 0 aliphatic rings. The quantitative estimate of drug-likeness (QED) is 0.899. The van der Waals surface area contributed by atoms with Gasteiger partial charge in [-0.15, -0.1) is 0 Å². The average Bonchev–Trinajstić information content (AvgIpc) is 2.41. The molecule has 0 aliphatic carbocycles. The van der Waals surface area contributed by atoms with Crippen molar-refractivity contribution < 1.29 is 9.18 Å². The summed E-state index contributed by atoms with van der Waals surface area (Å²) < 4.78 is 14.3. The highest BCUT2D eigenvalue weighted by atomic mass is 79.9. The predicted octanol–water partition coefficient (Wildman–Crippen LogP) is 3.59. The first kappa shape index (κ1) is 14.5. The second-order valence-electron chi connectivity index (χ2n) is 4.21. The van der Waals surface area contributed by atoms with E-state index in [0.717, 1.165) is 0 Å². The fraction of sp³-hybridized carbons (Fsp3) is 0.143. The van der Waals surface area contributed by atoms with Gasteiger partial charge in [-0.1, -0.05) is 15.9 Å².